The molecule has 4 aromatic rings. The first-order chi connectivity index (χ1) is 19.1. The number of hydrogen-bond acceptors (Lipinski definition) is 5. The van der Waals surface area contributed by atoms with Crippen molar-refractivity contribution in [1.82, 2.24) is 14.6 Å². The van der Waals surface area contributed by atoms with Crippen molar-refractivity contribution >= 4 is 38.8 Å². The second-order valence-electron chi connectivity index (χ2n) is 9.57. The van der Waals surface area contributed by atoms with Crippen molar-refractivity contribution in [1.29, 1.82) is 0 Å². The number of nitrogens with zero attached hydrogens (tertiary/aromatic N) is 1. The molecule has 0 saturated carbocycles. The molecule has 9 heteroatoms. The number of hydrogen-bond donors (Lipinski definition) is 2. The molecule has 0 spiro atoms. The smallest absolute Gasteiger partial charge is 0.265 e. The van der Waals surface area contributed by atoms with E-state index in [0.29, 0.717) is 30.0 Å². The van der Waals surface area contributed by atoms with Crippen LogP contribution in [-0.2, 0) is 21.4 Å². The third kappa shape index (κ3) is 6.43. The van der Waals surface area contributed by atoms with Gasteiger partial charge < -0.3 is 14.6 Å². The zero-order valence-electron chi connectivity index (χ0n) is 23.0. The summed E-state index contributed by atoms with van der Waals surface area (Å²) >= 11 is 0. The first-order valence-electron chi connectivity index (χ1n) is 13.0. The second-order valence-corrected chi connectivity index (χ2v) is 11.2. The summed E-state index contributed by atoms with van der Waals surface area (Å²) < 4.78 is 35.3. The van der Waals surface area contributed by atoms with Gasteiger partial charge in [-0.2, -0.15) is 0 Å². The van der Waals surface area contributed by atoms with E-state index < -0.39 is 15.9 Å². The van der Waals surface area contributed by atoms with Crippen LogP contribution >= 0.6 is 0 Å². The fourth-order valence-electron chi connectivity index (χ4n) is 4.42. The number of nitrogens with one attached hydrogen (secondary N) is 2. The van der Waals surface area contributed by atoms with Crippen molar-refractivity contribution in [3.63, 3.8) is 0 Å². The lowest BCUT2D eigenvalue weighted by molar-refractivity contribution is -0.117. The number of fused-ring (bicyclic) bond motifs is 1. The molecule has 2 N–H and O–H groups in total. The Morgan fingerprint density at radius 2 is 1.80 bits per heavy atom. The topological polar surface area (TPSA) is 107 Å². The lowest BCUT2D eigenvalue weighted by Gasteiger charge is -2.13. The summed E-state index contributed by atoms with van der Waals surface area (Å²) in [6, 6.07) is 19.4. The molecule has 0 bridgehead atoms. The van der Waals surface area contributed by atoms with Gasteiger partial charge in [0.05, 0.1) is 18.6 Å². The third-order valence-corrected chi connectivity index (χ3v) is 8.07. The SMILES string of the molecule is CCCNC(=O)/C(C)=C/c1ccc2ccn(Cc3ccc(C(=O)NS(=O)(=O)c4ccccc4C)cc3OC)c2c1. The second kappa shape index (κ2) is 12.2. The molecule has 0 atom stereocenters. The van der Waals surface area contributed by atoms with Gasteiger partial charge >= 0.3 is 0 Å². The monoisotopic (exact) mass is 559 g/mol. The van der Waals surface area contributed by atoms with E-state index in [2.05, 4.69) is 14.6 Å². The Balaban J connectivity index is 1.56. The zero-order valence-corrected chi connectivity index (χ0v) is 23.8. The predicted molar refractivity (Wildman–Crippen MR) is 157 cm³/mol. The van der Waals surface area contributed by atoms with Gasteiger partial charge in [-0.15, -0.1) is 0 Å². The minimum atomic E-state index is -4.03. The highest BCUT2D eigenvalue weighted by Gasteiger charge is 2.21. The van der Waals surface area contributed by atoms with Crippen LogP contribution in [0, 0.1) is 6.92 Å². The normalized spacial score (nSPS) is 11.8. The molecule has 208 valence electrons. The van der Waals surface area contributed by atoms with Crippen molar-refractivity contribution in [3.8, 4) is 5.75 Å². The van der Waals surface area contributed by atoms with E-state index >= 15 is 0 Å². The largest absolute Gasteiger partial charge is 0.496 e. The quantitative estimate of drug-likeness (QED) is 0.264. The van der Waals surface area contributed by atoms with Crippen LogP contribution in [0.25, 0.3) is 17.0 Å². The number of rotatable bonds is 10. The van der Waals surface area contributed by atoms with Crippen LogP contribution in [0.5, 0.6) is 5.75 Å². The van der Waals surface area contributed by atoms with Gasteiger partial charge in [-0.3, -0.25) is 9.59 Å². The molecular formula is C31H33N3O5S. The molecule has 0 fully saturated rings. The number of ether oxygens (including phenoxy) is 1. The minimum Gasteiger partial charge on any atom is -0.496 e. The highest BCUT2D eigenvalue weighted by molar-refractivity contribution is 7.90. The number of aryl methyl sites for hydroxylation is 1. The number of amides is 2. The Morgan fingerprint density at radius 1 is 1.02 bits per heavy atom. The Bertz CT molecular complexity index is 1700. The maximum atomic E-state index is 12.9. The maximum Gasteiger partial charge on any atom is 0.265 e. The van der Waals surface area contributed by atoms with E-state index in [9.17, 15) is 18.0 Å². The van der Waals surface area contributed by atoms with Crippen LogP contribution < -0.4 is 14.8 Å². The Morgan fingerprint density at radius 3 is 2.52 bits per heavy atom. The third-order valence-electron chi connectivity index (χ3n) is 6.57. The van der Waals surface area contributed by atoms with Crippen molar-refractivity contribution < 1.29 is 22.7 Å². The average Bonchev–Trinajstić information content (AvgIpc) is 3.33. The van der Waals surface area contributed by atoms with Gasteiger partial charge in [0.25, 0.3) is 15.9 Å². The molecule has 0 saturated heterocycles. The molecule has 2 amide bonds. The van der Waals surface area contributed by atoms with Crippen LogP contribution in [0.3, 0.4) is 0 Å². The number of benzene rings is 3. The fraction of sp³-hybridized carbons (Fsp3) is 0.226. The van der Waals surface area contributed by atoms with E-state index in [1.165, 1.54) is 19.2 Å². The summed E-state index contributed by atoms with van der Waals surface area (Å²) in [5.74, 6) is -0.366. The van der Waals surface area contributed by atoms with Gasteiger partial charge in [0.2, 0.25) is 5.91 Å². The minimum absolute atomic E-state index is 0.0532. The van der Waals surface area contributed by atoms with Gasteiger partial charge in [-0.05, 0) is 73.2 Å². The molecule has 8 nitrogen and oxygen atoms in total. The first kappa shape index (κ1) is 28.6. The Labute approximate surface area is 234 Å². The summed E-state index contributed by atoms with van der Waals surface area (Å²) in [6.07, 6.45) is 4.70. The van der Waals surface area contributed by atoms with Crippen LogP contribution in [0.4, 0.5) is 0 Å². The van der Waals surface area contributed by atoms with Crippen molar-refractivity contribution in [3.05, 3.63) is 101 Å². The molecule has 1 heterocycles. The van der Waals surface area contributed by atoms with E-state index in [1.807, 2.05) is 43.5 Å². The van der Waals surface area contributed by atoms with Gasteiger partial charge in [-0.25, -0.2) is 13.1 Å². The van der Waals surface area contributed by atoms with Gasteiger partial charge in [0.1, 0.15) is 5.75 Å². The van der Waals surface area contributed by atoms with Crippen LogP contribution in [0.2, 0.25) is 0 Å². The van der Waals surface area contributed by atoms with E-state index in [-0.39, 0.29) is 16.4 Å². The Kier molecular flexibility index (Phi) is 8.74. The highest BCUT2D eigenvalue weighted by atomic mass is 32.2. The predicted octanol–water partition coefficient (Wildman–Crippen LogP) is 5.05. The molecule has 4 rings (SSSR count). The van der Waals surface area contributed by atoms with E-state index in [0.717, 1.165) is 28.5 Å². The molecule has 0 aliphatic heterocycles. The molecule has 0 aliphatic rings. The van der Waals surface area contributed by atoms with Gasteiger partial charge in [-0.1, -0.05) is 43.3 Å². The number of carbonyl (C=O) groups excluding carboxylic acids is 2. The lowest BCUT2D eigenvalue weighted by atomic mass is 10.1. The van der Waals surface area contributed by atoms with Crippen molar-refractivity contribution in [2.75, 3.05) is 13.7 Å². The number of sulfonamides is 1. The molecule has 1 aromatic heterocycles. The van der Waals surface area contributed by atoms with E-state index in [4.69, 9.17) is 4.74 Å². The molecule has 0 unspecified atom stereocenters. The van der Waals surface area contributed by atoms with Crippen LogP contribution in [0.1, 0.15) is 47.3 Å². The number of methoxy groups -OCH3 is 1. The zero-order chi connectivity index (χ0) is 28.9. The first-order valence-corrected chi connectivity index (χ1v) is 14.5. The van der Waals surface area contributed by atoms with Gasteiger partial charge in [0.15, 0.2) is 0 Å². The lowest BCUT2D eigenvalue weighted by Crippen LogP contribution is -2.31. The highest BCUT2D eigenvalue weighted by Crippen LogP contribution is 2.26. The molecule has 3 aromatic carbocycles. The van der Waals surface area contributed by atoms with E-state index in [1.54, 1.807) is 44.2 Å². The maximum absolute atomic E-state index is 12.9. The van der Waals surface area contributed by atoms with Crippen LogP contribution in [-0.4, -0.2) is 38.5 Å². The molecule has 0 radical (unpaired) electrons. The number of carbonyl (C=O) groups is 2. The van der Waals surface area contributed by atoms with Gasteiger partial charge in [0, 0.05) is 35.0 Å². The fourth-order valence-corrected chi connectivity index (χ4v) is 5.64. The summed E-state index contributed by atoms with van der Waals surface area (Å²) in [4.78, 5) is 25.2. The van der Waals surface area contributed by atoms with Crippen molar-refractivity contribution in [2.45, 2.75) is 38.6 Å². The Hall–Kier alpha value is -4.37. The summed E-state index contributed by atoms with van der Waals surface area (Å²) in [5, 5.41) is 3.93. The average molecular weight is 560 g/mol. The molecule has 40 heavy (non-hydrogen) atoms. The summed E-state index contributed by atoms with van der Waals surface area (Å²) in [6.45, 7) is 6.57. The standard InChI is InChI=1S/C31H33N3O5S/c1-5-15-32-30(35)22(3)17-23-10-11-24-14-16-34(27(24)18-23)20-26-13-12-25(19-28(26)39-4)31(36)33-40(37,38)29-9-7-6-8-21(29)2/h6-14,16-19H,5,15,20H2,1-4H3,(H,32,35)(H,33,36)/b22-17+. The molecular weight excluding hydrogens is 526 g/mol. The summed E-state index contributed by atoms with van der Waals surface area (Å²) in [7, 11) is -2.52. The summed E-state index contributed by atoms with van der Waals surface area (Å²) in [5.41, 5.74) is 4.04. The van der Waals surface area contributed by atoms with Crippen molar-refractivity contribution in [2.24, 2.45) is 0 Å². The van der Waals surface area contributed by atoms with Crippen LogP contribution in [0.15, 0.2) is 83.4 Å². The molecule has 0 aliphatic carbocycles. The number of aromatic nitrogens is 1.